The minimum Gasteiger partial charge on any atom is -0.478 e. The monoisotopic (exact) mass is 352 g/mol. The van der Waals surface area contributed by atoms with E-state index in [1.54, 1.807) is 6.07 Å². The summed E-state index contributed by atoms with van der Waals surface area (Å²) in [7, 11) is 0. The Bertz CT molecular complexity index is 749. The highest BCUT2D eigenvalue weighted by molar-refractivity contribution is 9.10. The molecule has 0 saturated carbocycles. The molecule has 0 spiro atoms. The molecule has 0 fully saturated rings. The maximum absolute atomic E-state index is 13.7. The first kappa shape index (κ1) is 14.9. The molecule has 0 aliphatic heterocycles. The Morgan fingerprint density at radius 2 is 1.86 bits per heavy atom. The summed E-state index contributed by atoms with van der Waals surface area (Å²) >= 11 is 3.07. The first-order valence-corrected chi connectivity index (χ1v) is 6.40. The van der Waals surface area contributed by atoms with Crippen molar-refractivity contribution in [3.05, 3.63) is 57.6 Å². The molecule has 2 aromatic carbocycles. The van der Waals surface area contributed by atoms with Gasteiger partial charge in [0.2, 0.25) is 0 Å². The molecular formula is C14H7BrF2N2O2. The van der Waals surface area contributed by atoms with E-state index in [-0.39, 0.29) is 16.8 Å². The topological polar surface area (TPSA) is 73.1 Å². The normalized spacial score (nSPS) is 10.0. The molecular weight excluding hydrogens is 346 g/mol. The van der Waals surface area contributed by atoms with Crippen molar-refractivity contribution in [3.8, 4) is 6.07 Å². The highest BCUT2D eigenvalue weighted by atomic mass is 79.9. The van der Waals surface area contributed by atoms with Gasteiger partial charge in [-0.2, -0.15) is 5.26 Å². The molecule has 0 atom stereocenters. The van der Waals surface area contributed by atoms with E-state index in [9.17, 15) is 13.6 Å². The predicted octanol–water partition coefficient (Wildman–Crippen LogP) is 4.04. The highest BCUT2D eigenvalue weighted by Gasteiger charge is 2.14. The van der Waals surface area contributed by atoms with Crippen molar-refractivity contribution in [3.63, 3.8) is 0 Å². The molecule has 0 unspecified atom stereocenters. The van der Waals surface area contributed by atoms with Crippen LogP contribution in [0.3, 0.4) is 0 Å². The van der Waals surface area contributed by atoms with Crippen molar-refractivity contribution >= 4 is 33.3 Å². The van der Waals surface area contributed by atoms with E-state index >= 15 is 0 Å². The fourth-order valence-electron chi connectivity index (χ4n) is 1.67. The maximum Gasteiger partial charge on any atom is 0.336 e. The molecule has 2 aromatic rings. The Morgan fingerprint density at radius 3 is 2.38 bits per heavy atom. The van der Waals surface area contributed by atoms with Crippen molar-refractivity contribution in [2.24, 2.45) is 0 Å². The fourth-order valence-corrected chi connectivity index (χ4v) is 2.08. The van der Waals surface area contributed by atoms with Gasteiger partial charge in [-0.1, -0.05) is 0 Å². The number of halogens is 3. The van der Waals surface area contributed by atoms with E-state index in [0.717, 1.165) is 12.1 Å². The van der Waals surface area contributed by atoms with Crippen LogP contribution < -0.4 is 5.32 Å². The lowest BCUT2D eigenvalue weighted by molar-refractivity contribution is 0.0696. The summed E-state index contributed by atoms with van der Waals surface area (Å²) in [6, 6.07) is 7.58. The van der Waals surface area contributed by atoms with Crippen molar-refractivity contribution in [2.45, 2.75) is 0 Å². The quantitative estimate of drug-likeness (QED) is 0.874. The number of carbonyl (C=O) groups is 1. The Labute approximate surface area is 126 Å². The summed E-state index contributed by atoms with van der Waals surface area (Å²) < 4.78 is 27.8. The van der Waals surface area contributed by atoms with Crippen LogP contribution in [-0.2, 0) is 0 Å². The number of nitrogens with one attached hydrogen (secondary N) is 1. The zero-order valence-corrected chi connectivity index (χ0v) is 11.9. The molecule has 4 nitrogen and oxygen atoms in total. The standard InChI is InChI=1S/C14H7BrF2N2O2/c15-10-2-1-8(5-9(10)14(20)21)19-13-11(16)3-7(6-18)4-12(13)17/h1-5,19H,(H,20,21). The van der Waals surface area contributed by atoms with Gasteiger partial charge in [-0.05, 0) is 46.3 Å². The van der Waals surface area contributed by atoms with E-state index in [1.807, 2.05) is 0 Å². The zero-order valence-electron chi connectivity index (χ0n) is 10.3. The molecule has 0 radical (unpaired) electrons. The Morgan fingerprint density at radius 1 is 1.24 bits per heavy atom. The number of aromatic carboxylic acids is 1. The highest BCUT2D eigenvalue weighted by Crippen LogP contribution is 2.27. The number of rotatable bonds is 3. The van der Waals surface area contributed by atoms with Gasteiger partial charge in [-0.25, -0.2) is 13.6 Å². The molecule has 106 valence electrons. The number of hydrogen-bond donors (Lipinski definition) is 2. The van der Waals surface area contributed by atoms with Crippen LogP contribution in [0.5, 0.6) is 0 Å². The van der Waals surface area contributed by atoms with Gasteiger partial charge in [0.05, 0.1) is 17.2 Å². The molecule has 0 aliphatic carbocycles. The van der Waals surface area contributed by atoms with Gasteiger partial charge in [0.1, 0.15) is 5.69 Å². The van der Waals surface area contributed by atoms with Crippen LogP contribution in [0.1, 0.15) is 15.9 Å². The van der Waals surface area contributed by atoms with Gasteiger partial charge < -0.3 is 10.4 Å². The van der Waals surface area contributed by atoms with Crippen molar-refractivity contribution in [2.75, 3.05) is 5.32 Å². The van der Waals surface area contributed by atoms with Gasteiger partial charge in [0.25, 0.3) is 0 Å². The second-order valence-electron chi connectivity index (χ2n) is 4.05. The summed E-state index contributed by atoms with van der Waals surface area (Å²) in [5.41, 5.74) is -0.433. The third-order valence-electron chi connectivity index (χ3n) is 2.64. The average molecular weight is 353 g/mol. The molecule has 0 amide bonds. The fraction of sp³-hybridized carbons (Fsp3) is 0. The van der Waals surface area contributed by atoms with E-state index < -0.39 is 23.3 Å². The SMILES string of the molecule is N#Cc1cc(F)c(Nc2ccc(Br)c(C(=O)O)c2)c(F)c1. The summed E-state index contributed by atoms with van der Waals surface area (Å²) in [6.07, 6.45) is 0. The van der Waals surface area contributed by atoms with E-state index in [4.69, 9.17) is 10.4 Å². The van der Waals surface area contributed by atoms with Crippen LogP contribution in [0.25, 0.3) is 0 Å². The number of carboxylic acids is 1. The molecule has 21 heavy (non-hydrogen) atoms. The lowest BCUT2D eigenvalue weighted by Crippen LogP contribution is -2.02. The number of benzene rings is 2. The number of nitriles is 1. The van der Waals surface area contributed by atoms with Crippen LogP contribution in [0.2, 0.25) is 0 Å². The maximum atomic E-state index is 13.7. The van der Waals surface area contributed by atoms with Gasteiger partial charge in [-0.3, -0.25) is 0 Å². The van der Waals surface area contributed by atoms with Crippen LogP contribution in [0, 0.1) is 23.0 Å². The Balaban J connectivity index is 2.42. The first-order chi connectivity index (χ1) is 9.92. The molecule has 0 aromatic heterocycles. The van der Waals surface area contributed by atoms with Crippen LogP contribution in [-0.4, -0.2) is 11.1 Å². The van der Waals surface area contributed by atoms with E-state index in [2.05, 4.69) is 21.2 Å². The smallest absolute Gasteiger partial charge is 0.336 e. The largest absolute Gasteiger partial charge is 0.478 e. The molecule has 7 heteroatoms. The second-order valence-corrected chi connectivity index (χ2v) is 4.91. The van der Waals surface area contributed by atoms with Gasteiger partial charge in [0, 0.05) is 10.2 Å². The summed E-state index contributed by atoms with van der Waals surface area (Å²) in [5.74, 6) is -3.05. The summed E-state index contributed by atoms with van der Waals surface area (Å²) in [5, 5.41) is 20.1. The lowest BCUT2D eigenvalue weighted by Gasteiger charge is -2.10. The summed E-state index contributed by atoms with van der Waals surface area (Å²) in [4.78, 5) is 11.0. The van der Waals surface area contributed by atoms with Gasteiger partial charge >= 0.3 is 5.97 Å². The molecule has 0 saturated heterocycles. The van der Waals surface area contributed by atoms with E-state index in [0.29, 0.717) is 4.47 Å². The number of anilines is 2. The Hall–Kier alpha value is -2.46. The Kier molecular flexibility index (Phi) is 4.19. The van der Waals surface area contributed by atoms with Crippen LogP contribution >= 0.6 is 15.9 Å². The minimum absolute atomic E-state index is 0.0468. The third-order valence-corrected chi connectivity index (χ3v) is 3.33. The van der Waals surface area contributed by atoms with Gasteiger partial charge in [-0.15, -0.1) is 0 Å². The predicted molar refractivity (Wildman–Crippen MR) is 75.5 cm³/mol. The van der Waals surface area contributed by atoms with Crippen molar-refractivity contribution < 1.29 is 18.7 Å². The second kappa shape index (κ2) is 5.89. The van der Waals surface area contributed by atoms with Gasteiger partial charge in [0.15, 0.2) is 11.6 Å². The number of carboxylic acid groups (broad SMARTS) is 1. The zero-order chi connectivity index (χ0) is 15.6. The molecule has 0 bridgehead atoms. The molecule has 0 aliphatic rings. The molecule has 2 N–H and O–H groups in total. The van der Waals surface area contributed by atoms with Crippen LogP contribution in [0.4, 0.5) is 20.2 Å². The lowest BCUT2D eigenvalue weighted by atomic mass is 10.1. The number of hydrogen-bond acceptors (Lipinski definition) is 3. The molecule has 0 heterocycles. The molecule has 2 rings (SSSR count). The minimum atomic E-state index is -1.17. The third kappa shape index (κ3) is 3.17. The van der Waals surface area contributed by atoms with Crippen LogP contribution in [0.15, 0.2) is 34.8 Å². The summed E-state index contributed by atoms with van der Waals surface area (Å²) in [6.45, 7) is 0. The first-order valence-electron chi connectivity index (χ1n) is 5.61. The average Bonchev–Trinajstić information content (AvgIpc) is 2.43. The number of nitrogens with zero attached hydrogens (tertiary/aromatic N) is 1. The van der Waals surface area contributed by atoms with Crippen molar-refractivity contribution in [1.82, 2.24) is 0 Å². The van der Waals surface area contributed by atoms with E-state index in [1.165, 1.54) is 18.2 Å². The van der Waals surface area contributed by atoms with Crippen molar-refractivity contribution in [1.29, 1.82) is 5.26 Å².